The zero-order valence-electron chi connectivity index (χ0n) is 8.28. The van der Waals surface area contributed by atoms with Gasteiger partial charge in [0, 0.05) is 14.7 Å². The van der Waals surface area contributed by atoms with Crippen LogP contribution in [0, 0.1) is 9.39 Å². The molecule has 0 spiro atoms. The van der Waals surface area contributed by atoms with Crippen LogP contribution in [0.3, 0.4) is 0 Å². The summed E-state index contributed by atoms with van der Waals surface area (Å²) in [6.07, 6.45) is 0. The second-order valence-electron chi connectivity index (χ2n) is 3.34. The highest BCUT2D eigenvalue weighted by atomic mass is 127. The zero-order valence-corrected chi connectivity index (χ0v) is 10.4. The summed E-state index contributed by atoms with van der Waals surface area (Å²) in [7, 11) is 0. The number of carbonyl (C=O) groups is 1. The lowest BCUT2D eigenvalue weighted by atomic mass is 10.0. The molecule has 2 aromatic carbocycles. The zero-order chi connectivity index (χ0) is 11.5. The van der Waals surface area contributed by atoms with Gasteiger partial charge in [0.05, 0.1) is 0 Å². The standard InChI is InChI=1S/C13H8FIO/c14-11-5-1-9(2-6-11)13(16)10-3-7-12(15)8-4-10/h1-8H. The summed E-state index contributed by atoms with van der Waals surface area (Å²) in [5.74, 6) is -0.421. The molecule has 0 fully saturated rings. The fraction of sp³-hybridized carbons (Fsp3) is 0. The molecule has 80 valence electrons. The summed E-state index contributed by atoms with van der Waals surface area (Å²) in [6.45, 7) is 0. The highest BCUT2D eigenvalue weighted by molar-refractivity contribution is 14.1. The van der Waals surface area contributed by atoms with E-state index in [1.807, 2.05) is 12.1 Å². The normalized spacial score (nSPS) is 10.1. The number of halogens is 2. The summed E-state index contributed by atoms with van der Waals surface area (Å²) in [6, 6.07) is 12.9. The van der Waals surface area contributed by atoms with Gasteiger partial charge in [-0.05, 0) is 71.1 Å². The third kappa shape index (κ3) is 2.47. The lowest BCUT2D eigenvalue weighted by Gasteiger charge is -2.01. The first-order valence-corrected chi connectivity index (χ1v) is 5.80. The van der Waals surface area contributed by atoms with E-state index in [2.05, 4.69) is 22.6 Å². The molecule has 0 bridgehead atoms. The lowest BCUT2D eigenvalue weighted by molar-refractivity contribution is 0.103. The average molecular weight is 326 g/mol. The van der Waals surface area contributed by atoms with E-state index in [1.54, 1.807) is 12.1 Å². The van der Waals surface area contributed by atoms with Crippen molar-refractivity contribution in [1.29, 1.82) is 0 Å². The quantitative estimate of drug-likeness (QED) is 0.608. The van der Waals surface area contributed by atoms with Crippen LogP contribution in [0.25, 0.3) is 0 Å². The molecule has 0 aliphatic heterocycles. The van der Waals surface area contributed by atoms with Gasteiger partial charge in [-0.25, -0.2) is 4.39 Å². The van der Waals surface area contributed by atoms with Crippen LogP contribution in [0.1, 0.15) is 15.9 Å². The molecule has 0 saturated heterocycles. The second kappa shape index (κ2) is 4.74. The van der Waals surface area contributed by atoms with Crippen LogP contribution in [-0.4, -0.2) is 5.78 Å². The maximum atomic E-state index is 12.7. The third-order valence-electron chi connectivity index (χ3n) is 2.21. The van der Waals surface area contributed by atoms with E-state index < -0.39 is 0 Å². The number of rotatable bonds is 2. The Labute approximate surface area is 106 Å². The van der Waals surface area contributed by atoms with Crippen LogP contribution in [0.2, 0.25) is 0 Å². The molecule has 1 nitrogen and oxygen atoms in total. The summed E-state index contributed by atoms with van der Waals surface area (Å²) >= 11 is 2.18. The van der Waals surface area contributed by atoms with Crippen LogP contribution >= 0.6 is 22.6 Å². The van der Waals surface area contributed by atoms with Crippen molar-refractivity contribution in [2.45, 2.75) is 0 Å². The highest BCUT2D eigenvalue weighted by Crippen LogP contribution is 2.12. The molecule has 2 aromatic rings. The molecule has 0 aliphatic carbocycles. The molecule has 0 unspecified atom stereocenters. The summed E-state index contributed by atoms with van der Waals surface area (Å²) in [5, 5.41) is 0. The molecule has 16 heavy (non-hydrogen) atoms. The Morgan fingerprint density at radius 1 is 0.875 bits per heavy atom. The lowest BCUT2D eigenvalue weighted by Crippen LogP contribution is -2.00. The predicted molar refractivity (Wildman–Crippen MR) is 69.0 cm³/mol. The van der Waals surface area contributed by atoms with E-state index in [1.165, 1.54) is 24.3 Å². The number of ketones is 1. The molecule has 0 heterocycles. The maximum absolute atomic E-state index is 12.7. The van der Waals surface area contributed by atoms with Gasteiger partial charge in [-0.3, -0.25) is 4.79 Å². The Hall–Kier alpha value is -1.23. The minimum Gasteiger partial charge on any atom is -0.289 e. The largest absolute Gasteiger partial charge is 0.289 e. The molecule has 0 aliphatic rings. The number of carbonyl (C=O) groups excluding carboxylic acids is 1. The third-order valence-corrected chi connectivity index (χ3v) is 2.93. The molecule has 0 saturated carbocycles. The predicted octanol–water partition coefficient (Wildman–Crippen LogP) is 3.66. The molecule has 0 amide bonds. The van der Waals surface area contributed by atoms with Crippen molar-refractivity contribution in [2.75, 3.05) is 0 Å². The molecule has 2 rings (SSSR count). The first-order valence-electron chi connectivity index (χ1n) is 4.72. The Morgan fingerprint density at radius 2 is 1.31 bits per heavy atom. The summed E-state index contributed by atoms with van der Waals surface area (Å²) in [4.78, 5) is 11.9. The number of benzene rings is 2. The van der Waals surface area contributed by atoms with Crippen molar-refractivity contribution in [3.8, 4) is 0 Å². The highest BCUT2D eigenvalue weighted by Gasteiger charge is 2.08. The van der Waals surface area contributed by atoms with Crippen molar-refractivity contribution >= 4 is 28.4 Å². The van der Waals surface area contributed by atoms with E-state index in [0.29, 0.717) is 11.1 Å². The van der Waals surface area contributed by atoms with Gasteiger partial charge in [0.25, 0.3) is 0 Å². The first kappa shape index (κ1) is 11.3. The monoisotopic (exact) mass is 326 g/mol. The van der Waals surface area contributed by atoms with Crippen LogP contribution in [0.4, 0.5) is 4.39 Å². The fourth-order valence-electron chi connectivity index (χ4n) is 1.37. The van der Waals surface area contributed by atoms with Crippen molar-refractivity contribution < 1.29 is 9.18 Å². The minimum atomic E-state index is -0.334. The van der Waals surface area contributed by atoms with E-state index in [4.69, 9.17) is 0 Å². The van der Waals surface area contributed by atoms with E-state index >= 15 is 0 Å². The topological polar surface area (TPSA) is 17.1 Å². The number of hydrogen-bond donors (Lipinski definition) is 0. The molecular weight excluding hydrogens is 318 g/mol. The van der Waals surface area contributed by atoms with Crippen LogP contribution in [0.15, 0.2) is 48.5 Å². The molecule has 0 aromatic heterocycles. The summed E-state index contributed by atoms with van der Waals surface area (Å²) in [5.41, 5.74) is 1.12. The molecule has 3 heteroatoms. The Bertz CT molecular complexity index is 455. The molecule has 0 radical (unpaired) electrons. The Balaban J connectivity index is 2.32. The van der Waals surface area contributed by atoms with Crippen molar-refractivity contribution in [1.82, 2.24) is 0 Å². The molecule has 0 atom stereocenters. The van der Waals surface area contributed by atoms with Gasteiger partial charge in [-0.1, -0.05) is 0 Å². The maximum Gasteiger partial charge on any atom is 0.193 e. The van der Waals surface area contributed by atoms with E-state index in [9.17, 15) is 9.18 Å². The fourth-order valence-corrected chi connectivity index (χ4v) is 1.73. The van der Waals surface area contributed by atoms with E-state index in [-0.39, 0.29) is 11.6 Å². The van der Waals surface area contributed by atoms with Crippen molar-refractivity contribution in [3.63, 3.8) is 0 Å². The smallest absolute Gasteiger partial charge is 0.193 e. The van der Waals surface area contributed by atoms with Gasteiger partial charge < -0.3 is 0 Å². The van der Waals surface area contributed by atoms with Gasteiger partial charge >= 0.3 is 0 Å². The van der Waals surface area contributed by atoms with E-state index in [0.717, 1.165) is 3.57 Å². The second-order valence-corrected chi connectivity index (χ2v) is 4.59. The summed E-state index contributed by atoms with van der Waals surface area (Å²) < 4.78 is 13.8. The van der Waals surface area contributed by atoms with Gasteiger partial charge in [0.2, 0.25) is 0 Å². The van der Waals surface area contributed by atoms with Gasteiger partial charge in [0.1, 0.15) is 5.82 Å². The number of hydrogen-bond acceptors (Lipinski definition) is 1. The van der Waals surface area contributed by atoms with Gasteiger partial charge in [-0.15, -0.1) is 0 Å². The van der Waals surface area contributed by atoms with Crippen molar-refractivity contribution in [3.05, 3.63) is 69.0 Å². The SMILES string of the molecule is O=C(c1ccc(F)cc1)c1ccc(I)cc1. The minimum absolute atomic E-state index is 0.0867. The first-order chi connectivity index (χ1) is 7.66. The van der Waals surface area contributed by atoms with Gasteiger partial charge in [-0.2, -0.15) is 0 Å². The van der Waals surface area contributed by atoms with Crippen LogP contribution in [0.5, 0.6) is 0 Å². The Morgan fingerprint density at radius 3 is 1.81 bits per heavy atom. The van der Waals surface area contributed by atoms with Gasteiger partial charge in [0.15, 0.2) is 5.78 Å². The van der Waals surface area contributed by atoms with Crippen LogP contribution < -0.4 is 0 Å². The molecular formula is C13H8FIO. The van der Waals surface area contributed by atoms with Crippen molar-refractivity contribution in [2.24, 2.45) is 0 Å². The van der Waals surface area contributed by atoms with Crippen LogP contribution in [-0.2, 0) is 0 Å². The average Bonchev–Trinajstić information content (AvgIpc) is 2.30. The molecule has 0 N–H and O–H groups in total. The Kier molecular flexibility index (Phi) is 3.33.